The first-order valence-electron chi connectivity index (χ1n) is 9.71. The van der Waals surface area contributed by atoms with E-state index in [0.29, 0.717) is 26.2 Å². The van der Waals surface area contributed by atoms with Crippen LogP contribution >= 0.6 is 0 Å². The van der Waals surface area contributed by atoms with E-state index in [1.807, 2.05) is 63.3 Å². The Labute approximate surface area is 176 Å². The van der Waals surface area contributed by atoms with Crippen LogP contribution in [0.1, 0.15) is 32.8 Å². The van der Waals surface area contributed by atoms with Gasteiger partial charge in [-0.2, -0.15) is 0 Å². The Bertz CT molecular complexity index is 637. The van der Waals surface area contributed by atoms with Gasteiger partial charge in [0.2, 0.25) is 0 Å². The van der Waals surface area contributed by atoms with Crippen LogP contribution in [0.5, 0.6) is 0 Å². The van der Waals surface area contributed by atoms with Crippen LogP contribution in [0.2, 0.25) is 0 Å². The van der Waals surface area contributed by atoms with Gasteiger partial charge < -0.3 is 18.4 Å². The highest BCUT2D eigenvalue weighted by atomic mass is 28.4. The van der Waals surface area contributed by atoms with Crippen LogP contribution < -0.4 is 0 Å². The lowest BCUT2D eigenvalue weighted by Crippen LogP contribution is -2.44. The predicted octanol–water partition coefficient (Wildman–Crippen LogP) is 5.29. The summed E-state index contributed by atoms with van der Waals surface area (Å²) in [5, 5.41) is 8.91. The average Bonchev–Trinajstić information content (AvgIpc) is 2.72. The molecule has 0 bridgehead atoms. The summed E-state index contributed by atoms with van der Waals surface area (Å²) < 4.78 is 16.3. The maximum atomic E-state index is 10.9. The normalized spacial score (nSPS) is 12.0. The van der Waals surface area contributed by atoms with E-state index in [9.17, 15) is 4.79 Å². The summed E-state index contributed by atoms with van der Waals surface area (Å²) in [5.41, 5.74) is 2.90. The number of hydrogen-bond donors (Lipinski definition) is 1. The molecule has 0 saturated heterocycles. The van der Waals surface area contributed by atoms with E-state index < -0.39 is 14.8 Å². The first-order valence-corrected chi connectivity index (χ1v) is 11.5. The van der Waals surface area contributed by atoms with Gasteiger partial charge in [0.15, 0.2) is 0 Å². The van der Waals surface area contributed by atoms with Crippen LogP contribution in [0.25, 0.3) is 6.08 Å². The van der Waals surface area contributed by atoms with E-state index in [2.05, 4.69) is 19.7 Å². The molecule has 0 saturated carbocycles. The van der Waals surface area contributed by atoms with Gasteiger partial charge in [0, 0.05) is 31.3 Å². The van der Waals surface area contributed by atoms with Crippen molar-refractivity contribution in [2.75, 3.05) is 19.8 Å². The lowest BCUT2D eigenvalue weighted by Gasteiger charge is -2.24. The van der Waals surface area contributed by atoms with Gasteiger partial charge in [-0.1, -0.05) is 61.7 Å². The molecule has 0 fully saturated rings. The van der Waals surface area contributed by atoms with Crippen molar-refractivity contribution in [3.05, 3.63) is 79.1 Å². The van der Waals surface area contributed by atoms with Crippen molar-refractivity contribution in [3.63, 3.8) is 0 Å². The molecule has 0 aliphatic carbocycles. The second-order valence-corrected chi connectivity index (χ2v) is 8.32. The van der Waals surface area contributed by atoms with Gasteiger partial charge in [-0.3, -0.25) is 0 Å². The average molecular weight is 419 g/mol. The predicted molar refractivity (Wildman–Crippen MR) is 121 cm³/mol. The fourth-order valence-electron chi connectivity index (χ4n) is 2.37. The SMILES string of the molecule is C=CCC(C=Cc1ccccc1)C(=C)C(=O)O.C=C[Si](OCC)(OCC)OCC. The molecule has 0 aliphatic rings. The smallest absolute Gasteiger partial charge is 0.478 e. The van der Waals surface area contributed by atoms with Crippen molar-refractivity contribution in [2.45, 2.75) is 27.2 Å². The molecular weight excluding hydrogens is 384 g/mol. The summed E-state index contributed by atoms with van der Waals surface area (Å²) in [4.78, 5) is 10.9. The third-order valence-electron chi connectivity index (χ3n) is 3.75. The lowest BCUT2D eigenvalue weighted by atomic mass is 9.95. The molecule has 160 valence electrons. The molecule has 0 spiro atoms. The van der Waals surface area contributed by atoms with Gasteiger partial charge in [-0.15, -0.1) is 6.58 Å². The van der Waals surface area contributed by atoms with Crippen molar-refractivity contribution >= 4 is 20.8 Å². The summed E-state index contributed by atoms with van der Waals surface area (Å²) in [5.74, 6) is -1.17. The van der Waals surface area contributed by atoms with Crippen molar-refractivity contribution in [1.82, 2.24) is 0 Å². The quantitative estimate of drug-likeness (QED) is 0.268. The molecule has 1 rings (SSSR count). The summed E-state index contributed by atoms with van der Waals surface area (Å²) in [6, 6.07) is 9.74. The molecule has 1 atom stereocenters. The molecule has 0 aromatic heterocycles. The molecule has 0 amide bonds. The van der Waals surface area contributed by atoms with E-state index in [0.717, 1.165) is 5.56 Å². The van der Waals surface area contributed by atoms with E-state index in [-0.39, 0.29) is 11.5 Å². The van der Waals surface area contributed by atoms with Crippen LogP contribution in [-0.2, 0) is 18.1 Å². The third-order valence-corrected chi connectivity index (χ3v) is 6.32. The molecular formula is C23H34O5Si. The number of carbonyl (C=O) groups is 1. The largest absolute Gasteiger partial charge is 0.528 e. The fraction of sp³-hybridized carbons (Fsp3) is 0.348. The van der Waals surface area contributed by atoms with Crippen LogP contribution in [0.3, 0.4) is 0 Å². The minimum atomic E-state index is -2.51. The highest BCUT2D eigenvalue weighted by Crippen LogP contribution is 2.18. The zero-order valence-corrected chi connectivity index (χ0v) is 18.8. The zero-order chi connectivity index (χ0) is 22.1. The van der Waals surface area contributed by atoms with E-state index >= 15 is 0 Å². The molecule has 0 heterocycles. The van der Waals surface area contributed by atoms with Crippen molar-refractivity contribution < 1.29 is 23.2 Å². The molecule has 1 unspecified atom stereocenters. The van der Waals surface area contributed by atoms with Crippen molar-refractivity contribution in [2.24, 2.45) is 5.92 Å². The first-order chi connectivity index (χ1) is 13.9. The van der Waals surface area contributed by atoms with Crippen molar-refractivity contribution in [3.8, 4) is 0 Å². The highest BCUT2D eigenvalue weighted by molar-refractivity contribution is 6.66. The van der Waals surface area contributed by atoms with Gasteiger partial charge in [-0.05, 0) is 38.5 Å². The minimum absolute atomic E-state index is 0.192. The number of carboxylic acids is 1. The number of rotatable bonds is 13. The molecule has 1 N–H and O–H groups in total. The monoisotopic (exact) mass is 418 g/mol. The Hall–Kier alpha value is -2.25. The van der Waals surface area contributed by atoms with Crippen LogP contribution in [-0.4, -0.2) is 39.7 Å². The van der Waals surface area contributed by atoms with Gasteiger partial charge in [0.05, 0.1) is 0 Å². The van der Waals surface area contributed by atoms with Gasteiger partial charge in [-0.25, -0.2) is 4.79 Å². The maximum Gasteiger partial charge on any atom is 0.528 e. The number of carboxylic acid groups (broad SMARTS) is 1. The Balaban J connectivity index is 0.000000578. The summed E-state index contributed by atoms with van der Waals surface area (Å²) >= 11 is 0. The summed E-state index contributed by atoms with van der Waals surface area (Å²) in [6.07, 6.45) is 6.04. The molecule has 29 heavy (non-hydrogen) atoms. The van der Waals surface area contributed by atoms with Crippen LogP contribution in [0.15, 0.2) is 73.5 Å². The van der Waals surface area contributed by atoms with E-state index in [1.165, 1.54) is 0 Å². The number of aliphatic carboxylic acids is 1. The third kappa shape index (κ3) is 10.8. The van der Waals surface area contributed by atoms with Gasteiger partial charge in [0.1, 0.15) is 0 Å². The number of hydrogen-bond acceptors (Lipinski definition) is 4. The Morgan fingerprint density at radius 1 is 1.07 bits per heavy atom. The van der Waals surface area contributed by atoms with E-state index in [1.54, 1.807) is 11.8 Å². The zero-order valence-electron chi connectivity index (χ0n) is 17.8. The second kappa shape index (κ2) is 15.6. The topological polar surface area (TPSA) is 65.0 Å². The van der Waals surface area contributed by atoms with Crippen molar-refractivity contribution in [1.29, 1.82) is 0 Å². The lowest BCUT2D eigenvalue weighted by molar-refractivity contribution is -0.133. The van der Waals surface area contributed by atoms with Gasteiger partial charge >= 0.3 is 14.8 Å². The number of allylic oxidation sites excluding steroid dienone is 2. The Kier molecular flexibility index (Phi) is 14.4. The molecule has 1 aromatic carbocycles. The molecule has 6 heteroatoms. The number of benzene rings is 1. The summed E-state index contributed by atoms with van der Waals surface area (Å²) in [7, 11) is -2.51. The van der Waals surface area contributed by atoms with Crippen LogP contribution in [0.4, 0.5) is 0 Å². The highest BCUT2D eigenvalue weighted by Gasteiger charge is 2.36. The fourth-order valence-corrected chi connectivity index (χ4v) is 4.18. The second-order valence-electron chi connectivity index (χ2n) is 5.84. The standard InChI is InChI=1S/C15H16O2.C8H18O3Si/c1-3-7-14(12(2)15(16)17)11-10-13-8-5-4-6-9-13;1-5-9-12(8-4,10-6-2)11-7-3/h3-6,8-11,14H,1-2,7H2,(H,16,17);8H,4-7H2,1-3H3. The molecule has 0 radical (unpaired) electrons. The molecule has 1 aromatic rings. The minimum Gasteiger partial charge on any atom is -0.478 e. The summed E-state index contributed by atoms with van der Waals surface area (Å²) in [6.45, 7) is 18.4. The first kappa shape index (κ1) is 26.7. The van der Waals surface area contributed by atoms with E-state index in [4.69, 9.17) is 18.4 Å². The Morgan fingerprint density at radius 2 is 1.59 bits per heavy atom. The maximum absolute atomic E-state index is 10.9. The van der Waals surface area contributed by atoms with Gasteiger partial charge in [0.25, 0.3) is 0 Å². The molecule has 5 nitrogen and oxygen atoms in total. The van der Waals surface area contributed by atoms with Crippen LogP contribution in [0, 0.1) is 5.92 Å². The Morgan fingerprint density at radius 3 is 1.97 bits per heavy atom. The molecule has 0 aliphatic heterocycles.